The third kappa shape index (κ3) is 3.97. The van der Waals surface area contributed by atoms with Crippen LogP contribution in [-0.4, -0.2) is 25.9 Å². The minimum atomic E-state index is 0.292. The summed E-state index contributed by atoms with van der Waals surface area (Å²) < 4.78 is 12.5. The van der Waals surface area contributed by atoms with Crippen molar-refractivity contribution in [2.45, 2.75) is 32.4 Å². The first-order valence-electron chi connectivity index (χ1n) is 6.53. The molecule has 0 spiro atoms. The minimum absolute atomic E-state index is 0.292. The first kappa shape index (κ1) is 13.8. The van der Waals surface area contributed by atoms with E-state index >= 15 is 0 Å². The molecule has 1 aliphatic heterocycles. The van der Waals surface area contributed by atoms with Crippen LogP contribution in [0.25, 0.3) is 0 Å². The van der Waals surface area contributed by atoms with E-state index in [2.05, 4.69) is 34.2 Å². The van der Waals surface area contributed by atoms with E-state index in [1.165, 1.54) is 5.56 Å². The average Bonchev–Trinajstić information content (AvgIpc) is 2.40. The maximum Gasteiger partial charge on any atom is 0.124 e. The topological polar surface area (TPSA) is 30.5 Å². The second-order valence-corrected chi connectivity index (χ2v) is 5.38. The molecule has 1 aromatic carbocycles. The number of hydrogen-bond acceptors (Lipinski definition) is 3. The summed E-state index contributed by atoms with van der Waals surface area (Å²) in [4.78, 5) is 0. The van der Waals surface area contributed by atoms with Crippen LogP contribution in [0.2, 0.25) is 0 Å². The van der Waals surface area contributed by atoms with Gasteiger partial charge in [-0.1, -0.05) is 22.9 Å². The van der Waals surface area contributed by atoms with Crippen molar-refractivity contribution in [1.29, 1.82) is 0 Å². The molecule has 1 N–H and O–H groups in total. The summed E-state index contributed by atoms with van der Waals surface area (Å²) in [5, 5.41) is 3.34. The van der Waals surface area contributed by atoms with E-state index in [4.69, 9.17) is 9.47 Å². The lowest BCUT2D eigenvalue weighted by Crippen LogP contribution is -2.26. The standard InChI is InChI=1S/C14H20BrNO2/c1-2-16-10-11-9-12(15)3-4-14(11)18-13-5-7-17-8-6-13/h3-4,9,13,16H,2,5-8,10H2,1H3. The highest BCUT2D eigenvalue weighted by atomic mass is 79.9. The number of hydrogen-bond donors (Lipinski definition) is 1. The van der Waals surface area contributed by atoms with E-state index in [1.807, 2.05) is 12.1 Å². The van der Waals surface area contributed by atoms with Crippen molar-refractivity contribution in [3.63, 3.8) is 0 Å². The fraction of sp³-hybridized carbons (Fsp3) is 0.571. The summed E-state index contributed by atoms with van der Waals surface area (Å²) in [6.07, 6.45) is 2.26. The first-order chi connectivity index (χ1) is 8.79. The van der Waals surface area contributed by atoms with E-state index in [1.54, 1.807) is 0 Å². The molecule has 0 radical (unpaired) electrons. The molecule has 0 amide bonds. The largest absolute Gasteiger partial charge is 0.490 e. The van der Waals surface area contributed by atoms with Crippen LogP contribution in [0.4, 0.5) is 0 Å². The fourth-order valence-corrected chi connectivity index (χ4v) is 2.44. The van der Waals surface area contributed by atoms with Gasteiger partial charge in [-0.2, -0.15) is 0 Å². The van der Waals surface area contributed by atoms with Gasteiger partial charge in [0.05, 0.1) is 13.2 Å². The molecule has 4 heteroatoms. The lowest BCUT2D eigenvalue weighted by Gasteiger charge is -2.24. The fourth-order valence-electron chi connectivity index (χ4n) is 2.03. The summed E-state index contributed by atoms with van der Waals surface area (Å²) in [6.45, 7) is 5.53. The summed E-state index contributed by atoms with van der Waals surface area (Å²) in [5.74, 6) is 0.992. The van der Waals surface area contributed by atoms with Crippen molar-refractivity contribution in [2.75, 3.05) is 19.8 Å². The van der Waals surface area contributed by atoms with Gasteiger partial charge in [0, 0.05) is 29.4 Å². The molecule has 0 atom stereocenters. The molecule has 0 bridgehead atoms. The van der Waals surface area contributed by atoms with E-state index in [0.29, 0.717) is 6.10 Å². The SMILES string of the molecule is CCNCc1cc(Br)ccc1OC1CCOCC1. The molecule has 18 heavy (non-hydrogen) atoms. The van der Waals surface area contributed by atoms with Gasteiger partial charge in [-0.05, 0) is 24.7 Å². The molecule has 3 nitrogen and oxygen atoms in total. The number of halogens is 1. The van der Waals surface area contributed by atoms with Crippen molar-refractivity contribution >= 4 is 15.9 Å². The smallest absolute Gasteiger partial charge is 0.124 e. The zero-order valence-corrected chi connectivity index (χ0v) is 12.3. The molecule has 1 aromatic rings. The Balaban J connectivity index is 2.04. The van der Waals surface area contributed by atoms with Gasteiger partial charge in [0.2, 0.25) is 0 Å². The van der Waals surface area contributed by atoms with Gasteiger partial charge in [-0.25, -0.2) is 0 Å². The van der Waals surface area contributed by atoms with Crippen molar-refractivity contribution in [2.24, 2.45) is 0 Å². The zero-order chi connectivity index (χ0) is 12.8. The third-order valence-electron chi connectivity index (χ3n) is 3.05. The molecule has 1 saturated heterocycles. The molecular formula is C14H20BrNO2. The number of rotatable bonds is 5. The van der Waals surface area contributed by atoms with E-state index in [-0.39, 0.29) is 0 Å². The van der Waals surface area contributed by atoms with Crippen LogP contribution in [0.1, 0.15) is 25.3 Å². The highest BCUT2D eigenvalue weighted by Crippen LogP contribution is 2.26. The summed E-state index contributed by atoms with van der Waals surface area (Å²) >= 11 is 3.51. The Morgan fingerprint density at radius 3 is 2.89 bits per heavy atom. The van der Waals surface area contributed by atoms with Gasteiger partial charge in [0.25, 0.3) is 0 Å². The van der Waals surface area contributed by atoms with Crippen LogP contribution < -0.4 is 10.1 Å². The van der Waals surface area contributed by atoms with Gasteiger partial charge < -0.3 is 14.8 Å². The first-order valence-corrected chi connectivity index (χ1v) is 7.32. The molecular weight excluding hydrogens is 294 g/mol. The van der Waals surface area contributed by atoms with Crippen molar-refractivity contribution in [3.8, 4) is 5.75 Å². The van der Waals surface area contributed by atoms with Gasteiger partial charge in [0.1, 0.15) is 11.9 Å². The number of benzene rings is 1. The van der Waals surface area contributed by atoms with E-state index < -0.39 is 0 Å². The van der Waals surface area contributed by atoms with Crippen LogP contribution in [0.5, 0.6) is 5.75 Å². The Morgan fingerprint density at radius 2 is 2.17 bits per heavy atom. The lowest BCUT2D eigenvalue weighted by molar-refractivity contribution is 0.0251. The monoisotopic (exact) mass is 313 g/mol. The van der Waals surface area contributed by atoms with Crippen LogP contribution in [0.15, 0.2) is 22.7 Å². The van der Waals surface area contributed by atoms with Crippen LogP contribution >= 0.6 is 15.9 Å². The molecule has 0 unspecified atom stereocenters. The van der Waals surface area contributed by atoms with Crippen molar-refractivity contribution in [3.05, 3.63) is 28.2 Å². The Bertz CT molecular complexity index is 378. The van der Waals surface area contributed by atoms with Gasteiger partial charge in [-0.3, -0.25) is 0 Å². The van der Waals surface area contributed by atoms with E-state index in [0.717, 1.165) is 49.4 Å². The summed E-state index contributed by atoms with van der Waals surface area (Å²) in [5.41, 5.74) is 1.21. The van der Waals surface area contributed by atoms with Gasteiger partial charge >= 0.3 is 0 Å². The Kier molecular flexibility index (Phi) is 5.47. The Morgan fingerprint density at radius 1 is 1.39 bits per heavy atom. The highest BCUT2D eigenvalue weighted by Gasteiger charge is 2.16. The maximum absolute atomic E-state index is 6.10. The summed E-state index contributed by atoms with van der Waals surface area (Å²) in [6, 6.07) is 6.20. The predicted molar refractivity (Wildman–Crippen MR) is 76.0 cm³/mol. The maximum atomic E-state index is 6.10. The van der Waals surface area contributed by atoms with Crippen molar-refractivity contribution < 1.29 is 9.47 Å². The lowest BCUT2D eigenvalue weighted by atomic mass is 10.1. The van der Waals surface area contributed by atoms with Crippen molar-refractivity contribution in [1.82, 2.24) is 5.32 Å². The minimum Gasteiger partial charge on any atom is -0.490 e. The molecule has 2 rings (SSSR count). The Hall–Kier alpha value is -0.580. The third-order valence-corrected chi connectivity index (χ3v) is 3.54. The zero-order valence-electron chi connectivity index (χ0n) is 10.7. The normalized spacial score (nSPS) is 16.8. The molecule has 0 saturated carbocycles. The van der Waals surface area contributed by atoms with E-state index in [9.17, 15) is 0 Å². The predicted octanol–water partition coefficient (Wildman–Crippen LogP) is 3.12. The number of nitrogens with one attached hydrogen (secondary N) is 1. The second kappa shape index (κ2) is 7.12. The molecule has 0 aliphatic carbocycles. The van der Waals surface area contributed by atoms with Crippen LogP contribution in [-0.2, 0) is 11.3 Å². The second-order valence-electron chi connectivity index (χ2n) is 4.46. The molecule has 1 fully saturated rings. The van der Waals surface area contributed by atoms with Crippen LogP contribution in [0, 0.1) is 0 Å². The molecule has 0 aromatic heterocycles. The van der Waals surface area contributed by atoms with Gasteiger partial charge in [0.15, 0.2) is 0 Å². The average molecular weight is 314 g/mol. The molecule has 100 valence electrons. The quantitative estimate of drug-likeness (QED) is 0.906. The van der Waals surface area contributed by atoms with Gasteiger partial charge in [-0.15, -0.1) is 0 Å². The summed E-state index contributed by atoms with van der Waals surface area (Å²) in [7, 11) is 0. The molecule has 1 aliphatic rings. The highest BCUT2D eigenvalue weighted by molar-refractivity contribution is 9.10. The van der Waals surface area contributed by atoms with Crippen LogP contribution in [0.3, 0.4) is 0 Å². The molecule has 1 heterocycles. The number of ether oxygens (including phenoxy) is 2. The Labute approximate surface area is 117 Å².